The van der Waals surface area contributed by atoms with Crippen molar-refractivity contribution in [2.24, 2.45) is 0 Å². The molecule has 2 aliphatic heterocycles. The molecule has 218 valence electrons. The molecule has 0 spiro atoms. The molecular weight excluding hydrogens is 588 g/mol. The molecule has 0 unspecified atom stereocenters. The van der Waals surface area contributed by atoms with E-state index in [0.717, 1.165) is 19.6 Å². The van der Waals surface area contributed by atoms with Crippen molar-refractivity contribution in [1.29, 1.82) is 0 Å². The van der Waals surface area contributed by atoms with E-state index in [2.05, 4.69) is 25.5 Å². The van der Waals surface area contributed by atoms with E-state index < -0.39 is 6.03 Å². The van der Waals surface area contributed by atoms with Crippen LogP contribution < -0.4 is 20.3 Å². The Labute approximate surface area is 256 Å². The number of nitrogens with zero attached hydrogens (tertiary/aromatic N) is 4. The molecule has 5 heterocycles. The first-order valence-corrected chi connectivity index (χ1v) is 15.2. The first kappa shape index (κ1) is 27.4. The molecule has 1 fully saturated rings. The van der Waals surface area contributed by atoms with E-state index in [-0.39, 0.29) is 12.5 Å². The average molecular weight is 615 g/mol. The quantitative estimate of drug-likeness (QED) is 0.187. The number of piperidine rings is 1. The summed E-state index contributed by atoms with van der Waals surface area (Å²) >= 11 is 7.72. The zero-order valence-electron chi connectivity index (χ0n) is 23.0. The van der Waals surface area contributed by atoms with Gasteiger partial charge < -0.3 is 19.8 Å². The van der Waals surface area contributed by atoms with Gasteiger partial charge in [-0.25, -0.2) is 19.7 Å². The molecule has 2 aliphatic rings. The fraction of sp³-hybridized carbons (Fsp3) is 0.226. The van der Waals surface area contributed by atoms with Crippen LogP contribution in [0.5, 0.6) is 5.75 Å². The highest BCUT2D eigenvalue weighted by Gasteiger charge is 2.34. The van der Waals surface area contributed by atoms with E-state index in [1.807, 2.05) is 24.3 Å². The molecule has 7 rings (SSSR count). The minimum atomic E-state index is -0.470. The lowest BCUT2D eigenvalue weighted by atomic mass is 10.1. The molecule has 3 aromatic heterocycles. The van der Waals surface area contributed by atoms with Crippen LogP contribution in [-0.2, 0) is 13.2 Å². The van der Waals surface area contributed by atoms with Crippen molar-refractivity contribution in [3.8, 4) is 5.75 Å². The largest absolute Gasteiger partial charge is 0.484 e. The fourth-order valence-electron chi connectivity index (χ4n) is 5.41. The number of furan rings is 1. The van der Waals surface area contributed by atoms with Crippen LogP contribution in [0.3, 0.4) is 0 Å². The van der Waals surface area contributed by atoms with Crippen LogP contribution in [0.15, 0.2) is 71.6 Å². The Balaban J connectivity index is 1.11. The van der Waals surface area contributed by atoms with Crippen molar-refractivity contribution in [2.45, 2.75) is 32.4 Å². The zero-order chi connectivity index (χ0) is 29.3. The number of likely N-dealkylation sites (tertiary alicyclic amines) is 1. The van der Waals surface area contributed by atoms with Crippen LogP contribution in [0.2, 0.25) is 5.02 Å². The van der Waals surface area contributed by atoms with Gasteiger partial charge in [-0.05, 0) is 74.0 Å². The maximum atomic E-state index is 13.4. The Morgan fingerprint density at radius 1 is 1.09 bits per heavy atom. The van der Waals surface area contributed by atoms with Crippen molar-refractivity contribution in [2.75, 3.05) is 28.6 Å². The Morgan fingerprint density at radius 2 is 1.93 bits per heavy atom. The second-order valence-electron chi connectivity index (χ2n) is 10.4. The van der Waals surface area contributed by atoms with Crippen LogP contribution in [0, 0.1) is 0 Å². The minimum Gasteiger partial charge on any atom is -0.484 e. The van der Waals surface area contributed by atoms with Crippen LogP contribution in [-0.4, -0.2) is 39.9 Å². The lowest BCUT2D eigenvalue weighted by molar-refractivity contribution is 0.103. The number of halogens is 1. The standard InChI is InChI=1S/C31H27ClN6O4S/c32-23-15-21(10-11-24(23)42-17-22-5-4-14-41-22)38-28-25-26(36-31(38)40)27(43-30(25)34-18-33-28)29(39)35-20-8-6-19(7-9-20)16-37-12-2-1-3-13-37/h4-11,14-15,18H,1-3,12-13,16-17H2,(H,35,39)(H,36,40). The monoisotopic (exact) mass is 614 g/mol. The van der Waals surface area contributed by atoms with Gasteiger partial charge >= 0.3 is 6.03 Å². The van der Waals surface area contributed by atoms with Crippen LogP contribution in [0.1, 0.15) is 40.3 Å². The number of hydrogen-bond donors (Lipinski definition) is 2. The number of anilines is 4. The third-order valence-corrected chi connectivity index (χ3v) is 8.90. The lowest BCUT2D eigenvalue weighted by Crippen LogP contribution is -2.35. The van der Waals surface area contributed by atoms with Gasteiger partial charge in [-0.1, -0.05) is 30.2 Å². The predicted octanol–water partition coefficient (Wildman–Crippen LogP) is 7.44. The molecule has 2 N–H and O–H groups in total. The Bertz CT molecular complexity index is 1800. The van der Waals surface area contributed by atoms with Crippen molar-refractivity contribution in [3.63, 3.8) is 0 Å². The topological polar surface area (TPSA) is 113 Å². The molecule has 0 radical (unpaired) electrons. The van der Waals surface area contributed by atoms with Gasteiger partial charge in [0.15, 0.2) is 5.82 Å². The number of ether oxygens (including phenoxy) is 1. The summed E-state index contributed by atoms with van der Waals surface area (Å²) in [5.74, 6) is 1.14. The first-order chi connectivity index (χ1) is 21.0. The van der Waals surface area contributed by atoms with Crippen LogP contribution in [0.25, 0.3) is 10.2 Å². The number of amides is 3. The van der Waals surface area contributed by atoms with E-state index in [4.69, 9.17) is 20.8 Å². The Kier molecular flexibility index (Phi) is 7.44. The number of carbonyl (C=O) groups is 2. The summed E-state index contributed by atoms with van der Waals surface area (Å²) in [5, 5.41) is 6.76. The van der Waals surface area contributed by atoms with Gasteiger partial charge in [0, 0.05) is 12.2 Å². The van der Waals surface area contributed by atoms with Gasteiger partial charge in [0.25, 0.3) is 5.91 Å². The van der Waals surface area contributed by atoms with Crippen molar-refractivity contribution < 1.29 is 18.7 Å². The molecular formula is C31H27ClN6O4S. The van der Waals surface area contributed by atoms with Crippen molar-refractivity contribution in [1.82, 2.24) is 14.9 Å². The third-order valence-electron chi connectivity index (χ3n) is 7.51. The maximum Gasteiger partial charge on any atom is 0.332 e. The number of benzene rings is 2. The third kappa shape index (κ3) is 5.54. The van der Waals surface area contributed by atoms with Crippen molar-refractivity contribution in [3.05, 3.63) is 88.4 Å². The van der Waals surface area contributed by atoms with E-state index in [1.165, 1.54) is 47.4 Å². The first-order valence-electron chi connectivity index (χ1n) is 14.0. The predicted molar refractivity (Wildman–Crippen MR) is 167 cm³/mol. The molecule has 12 heteroatoms. The van der Waals surface area contributed by atoms with Gasteiger partial charge in [-0.3, -0.25) is 9.69 Å². The minimum absolute atomic E-state index is 0.217. The zero-order valence-corrected chi connectivity index (χ0v) is 24.6. The highest BCUT2D eigenvalue weighted by molar-refractivity contribution is 7.21. The van der Waals surface area contributed by atoms with Crippen molar-refractivity contribution >= 4 is 68.0 Å². The highest BCUT2D eigenvalue weighted by Crippen LogP contribution is 2.45. The smallest absolute Gasteiger partial charge is 0.332 e. The highest BCUT2D eigenvalue weighted by atomic mass is 35.5. The Hall–Kier alpha value is -4.45. The SMILES string of the molecule is O=C(Nc1ccc(CN2CCCCC2)cc1)c1sc2ncnc3c2c1NC(=O)N3c1ccc(OCc2ccco2)c(Cl)c1. The second-order valence-corrected chi connectivity index (χ2v) is 11.8. The lowest BCUT2D eigenvalue weighted by Gasteiger charge is -2.27. The number of urea groups is 1. The number of thiophene rings is 1. The van der Waals surface area contributed by atoms with Gasteiger partial charge in [0.05, 0.1) is 28.0 Å². The molecule has 0 saturated carbocycles. The summed E-state index contributed by atoms with van der Waals surface area (Å²) in [6.07, 6.45) is 6.75. The van der Waals surface area contributed by atoms with E-state index in [9.17, 15) is 9.59 Å². The molecule has 43 heavy (non-hydrogen) atoms. The molecule has 2 aromatic carbocycles. The van der Waals surface area contributed by atoms with Gasteiger partial charge in [-0.2, -0.15) is 0 Å². The van der Waals surface area contributed by atoms with Crippen LogP contribution in [0.4, 0.5) is 27.7 Å². The summed E-state index contributed by atoms with van der Waals surface area (Å²) in [6.45, 7) is 3.38. The summed E-state index contributed by atoms with van der Waals surface area (Å²) in [4.78, 5) is 40.5. The van der Waals surface area contributed by atoms with Gasteiger partial charge in [-0.15, -0.1) is 11.3 Å². The molecule has 10 nitrogen and oxygen atoms in total. The molecule has 0 aliphatic carbocycles. The van der Waals surface area contributed by atoms with Gasteiger partial charge in [0.1, 0.15) is 34.2 Å². The average Bonchev–Trinajstić information content (AvgIpc) is 3.67. The molecule has 5 aromatic rings. The molecule has 0 atom stereocenters. The van der Waals surface area contributed by atoms with E-state index in [1.54, 1.807) is 36.6 Å². The molecule has 0 bridgehead atoms. The maximum absolute atomic E-state index is 13.4. The fourth-order valence-corrected chi connectivity index (χ4v) is 6.63. The summed E-state index contributed by atoms with van der Waals surface area (Å²) in [5.41, 5.74) is 2.76. The normalized spacial score (nSPS) is 15.0. The number of hydrogen-bond acceptors (Lipinski definition) is 8. The Morgan fingerprint density at radius 3 is 2.70 bits per heavy atom. The second kappa shape index (κ2) is 11.7. The van der Waals surface area contributed by atoms with E-state index >= 15 is 0 Å². The summed E-state index contributed by atoms with van der Waals surface area (Å²) in [7, 11) is 0. The summed E-state index contributed by atoms with van der Waals surface area (Å²) in [6, 6.07) is 16.1. The summed E-state index contributed by atoms with van der Waals surface area (Å²) < 4.78 is 11.1. The van der Waals surface area contributed by atoms with E-state index in [0.29, 0.717) is 54.5 Å². The van der Waals surface area contributed by atoms with Crippen LogP contribution >= 0.6 is 22.9 Å². The molecule has 1 saturated heterocycles. The molecule has 3 amide bonds. The van der Waals surface area contributed by atoms with Gasteiger partial charge in [0.2, 0.25) is 0 Å². The number of carbonyl (C=O) groups excluding carboxylic acids is 2. The number of rotatable bonds is 8. The number of nitrogens with one attached hydrogen (secondary N) is 2. The number of aromatic nitrogens is 2.